The van der Waals surface area contributed by atoms with Crippen molar-refractivity contribution in [3.8, 4) is 16.9 Å². The van der Waals surface area contributed by atoms with Gasteiger partial charge in [-0.15, -0.1) is 0 Å². The number of carbonyl (C=O) groups is 1. The number of aliphatic hydroxyl groups is 1. The quantitative estimate of drug-likeness (QED) is 0.447. The number of nitrogens with two attached hydrogens (primary N) is 1. The van der Waals surface area contributed by atoms with Crippen LogP contribution in [0.5, 0.6) is 5.75 Å². The maximum absolute atomic E-state index is 13.9. The second kappa shape index (κ2) is 10.2. The van der Waals surface area contributed by atoms with Crippen LogP contribution in [-0.2, 0) is 0 Å². The van der Waals surface area contributed by atoms with Crippen LogP contribution in [0.15, 0.2) is 48.7 Å². The average molecular weight is 504 g/mol. The minimum absolute atomic E-state index is 0.107. The van der Waals surface area contributed by atoms with Crippen molar-refractivity contribution < 1.29 is 19.0 Å². The van der Waals surface area contributed by atoms with Gasteiger partial charge in [-0.25, -0.2) is 9.37 Å². The molecule has 1 saturated heterocycles. The molecule has 1 aliphatic rings. The molecule has 3 N–H and O–H groups in total. The Morgan fingerprint density at radius 2 is 1.97 bits per heavy atom. The van der Waals surface area contributed by atoms with Crippen LogP contribution in [0.4, 0.5) is 10.2 Å². The van der Waals surface area contributed by atoms with Crippen molar-refractivity contribution in [1.29, 1.82) is 0 Å². The van der Waals surface area contributed by atoms with Gasteiger partial charge in [0.25, 0.3) is 5.91 Å². The second-order valence-corrected chi connectivity index (χ2v) is 9.03. The van der Waals surface area contributed by atoms with Gasteiger partial charge in [-0.05, 0) is 55.7 Å². The van der Waals surface area contributed by atoms with E-state index in [0.29, 0.717) is 36.4 Å². The van der Waals surface area contributed by atoms with E-state index in [1.54, 1.807) is 36.2 Å². The Labute approximate surface area is 207 Å². The molecule has 2 atom stereocenters. The minimum atomic E-state index is -0.685. The Bertz CT molecular complexity index is 1210. The Hall–Kier alpha value is -2.87. The molecular weight excluding hydrogens is 480 g/mol. The third-order valence-corrected chi connectivity index (χ3v) is 6.53. The number of β-amino-alcohol motifs (C(OH)–C–C–N with tert-alkyl or cyclic N) is 1. The van der Waals surface area contributed by atoms with Gasteiger partial charge in [0.15, 0.2) is 11.6 Å². The van der Waals surface area contributed by atoms with E-state index >= 15 is 0 Å². The predicted octanol–water partition coefficient (Wildman–Crippen LogP) is 5.51. The van der Waals surface area contributed by atoms with Gasteiger partial charge in [0.2, 0.25) is 0 Å². The van der Waals surface area contributed by atoms with E-state index in [1.165, 1.54) is 12.1 Å². The summed E-state index contributed by atoms with van der Waals surface area (Å²) < 4.78 is 19.9. The molecule has 1 amide bonds. The summed E-state index contributed by atoms with van der Waals surface area (Å²) in [5, 5.41) is 10.0. The summed E-state index contributed by atoms with van der Waals surface area (Å²) in [5.41, 5.74) is 8.40. The first-order valence-electron chi connectivity index (χ1n) is 10.9. The van der Waals surface area contributed by atoms with Crippen molar-refractivity contribution in [1.82, 2.24) is 9.88 Å². The van der Waals surface area contributed by atoms with E-state index in [0.717, 1.165) is 17.5 Å². The maximum Gasteiger partial charge on any atom is 0.253 e. The molecule has 1 aliphatic heterocycles. The van der Waals surface area contributed by atoms with Crippen LogP contribution in [0, 0.1) is 5.82 Å². The number of aromatic nitrogens is 1. The molecule has 2 aromatic carbocycles. The number of ether oxygens (including phenoxy) is 1. The summed E-state index contributed by atoms with van der Waals surface area (Å²) in [4.78, 5) is 18.6. The molecule has 4 rings (SSSR count). The first-order valence-corrected chi connectivity index (χ1v) is 11.6. The molecule has 3 aromatic rings. The van der Waals surface area contributed by atoms with Crippen LogP contribution in [0.1, 0.15) is 41.8 Å². The number of pyridine rings is 1. The van der Waals surface area contributed by atoms with Crippen molar-refractivity contribution in [2.75, 3.05) is 18.8 Å². The number of hydrogen-bond acceptors (Lipinski definition) is 5. The number of nitrogens with zero attached hydrogens (tertiary/aromatic N) is 2. The number of benzene rings is 2. The van der Waals surface area contributed by atoms with Gasteiger partial charge in [-0.1, -0.05) is 35.3 Å². The zero-order chi connectivity index (χ0) is 24.4. The van der Waals surface area contributed by atoms with Crippen LogP contribution in [0.3, 0.4) is 0 Å². The monoisotopic (exact) mass is 503 g/mol. The standard InChI is InChI=1S/C25H24Cl2FN3O3/c1-14(22-19(26)8-9-20(28)23(22)27)34-21-11-17(12-30-24(21)29)15-4-6-16(7-5-15)25(33)31-10-2-3-18(32)13-31/h4-9,11-12,14,18,32H,2-3,10,13H2,1H3,(H2,29,30). The van der Waals surface area contributed by atoms with E-state index in [4.69, 9.17) is 33.7 Å². The number of carbonyl (C=O) groups excluding carboxylic acids is 1. The Kier molecular flexibility index (Phi) is 7.26. The molecular formula is C25H24Cl2FN3O3. The predicted molar refractivity (Wildman–Crippen MR) is 131 cm³/mol. The highest BCUT2D eigenvalue weighted by Crippen LogP contribution is 2.37. The van der Waals surface area contributed by atoms with Crippen molar-refractivity contribution in [2.45, 2.75) is 32.0 Å². The lowest BCUT2D eigenvalue weighted by Gasteiger charge is -2.30. The highest BCUT2D eigenvalue weighted by atomic mass is 35.5. The number of likely N-dealkylation sites (tertiary alicyclic amines) is 1. The molecule has 9 heteroatoms. The third-order valence-electron chi connectivity index (χ3n) is 5.82. The first-order chi connectivity index (χ1) is 16.2. The first kappa shape index (κ1) is 24.3. The number of piperidine rings is 1. The molecule has 1 aromatic heterocycles. The molecule has 0 aliphatic carbocycles. The van der Waals surface area contributed by atoms with Gasteiger partial charge in [0.1, 0.15) is 11.9 Å². The van der Waals surface area contributed by atoms with E-state index in [-0.39, 0.29) is 21.8 Å². The SMILES string of the molecule is CC(Oc1cc(-c2ccc(C(=O)N3CCCC(O)C3)cc2)cnc1N)c1c(Cl)ccc(F)c1Cl. The van der Waals surface area contributed by atoms with Gasteiger partial charge >= 0.3 is 0 Å². The Balaban J connectivity index is 1.54. The number of anilines is 1. The number of amides is 1. The molecule has 0 radical (unpaired) electrons. The molecule has 0 bridgehead atoms. The van der Waals surface area contributed by atoms with E-state index in [9.17, 15) is 14.3 Å². The number of nitrogen functional groups attached to an aromatic ring is 1. The number of hydrogen-bond donors (Lipinski definition) is 2. The second-order valence-electron chi connectivity index (χ2n) is 8.25. The highest BCUT2D eigenvalue weighted by Gasteiger charge is 2.23. The van der Waals surface area contributed by atoms with Crippen LogP contribution in [0.25, 0.3) is 11.1 Å². The lowest BCUT2D eigenvalue weighted by molar-refractivity contribution is 0.0474. The third kappa shape index (κ3) is 5.12. The minimum Gasteiger partial charge on any atom is -0.482 e. The van der Waals surface area contributed by atoms with Crippen molar-refractivity contribution in [2.24, 2.45) is 0 Å². The Morgan fingerprint density at radius 3 is 2.68 bits per heavy atom. The fourth-order valence-electron chi connectivity index (χ4n) is 4.00. The van der Waals surface area contributed by atoms with Crippen molar-refractivity contribution in [3.05, 3.63) is 75.7 Å². The fraction of sp³-hybridized carbons (Fsp3) is 0.280. The van der Waals surface area contributed by atoms with E-state index < -0.39 is 18.0 Å². The average Bonchev–Trinajstić information content (AvgIpc) is 2.83. The molecule has 34 heavy (non-hydrogen) atoms. The van der Waals surface area contributed by atoms with Crippen LogP contribution in [-0.4, -0.2) is 40.1 Å². The molecule has 0 spiro atoms. The summed E-state index contributed by atoms with van der Waals surface area (Å²) in [6.07, 6.45) is 1.95. The van der Waals surface area contributed by atoms with Gasteiger partial charge in [-0.3, -0.25) is 4.79 Å². The zero-order valence-corrected chi connectivity index (χ0v) is 20.0. The molecule has 1 fully saturated rings. The van der Waals surface area contributed by atoms with Crippen molar-refractivity contribution in [3.63, 3.8) is 0 Å². The van der Waals surface area contributed by atoms with Crippen LogP contribution in [0.2, 0.25) is 10.0 Å². The van der Waals surface area contributed by atoms with Gasteiger partial charge in [0, 0.05) is 41.0 Å². The summed E-state index contributed by atoms with van der Waals surface area (Å²) in [6, 6.07) is 11.4. The number of aliphatic hydroxyl groups excluding tert-OH is 1. The lowest BCUT2D eigenvalue weighted by atomic mass is 10.0. The summed E-state index contributed by atoms with van der Waals surface area (Å²) in [5.74, 6) is -0.244. The fourth-order valence-corrected chi connectivity index (χ4v) is 4.68. The molecule has 2 unspecified atom stereocenters. The van der Waals surface area contributed by atoms with E-state index in [2.05, 4.69) is 4.98 Å². The van der Waals surface area contributed by atoms with E-state index in [1.807, 2.05) is 12.1 Å². The van der Waals surface area contributed by atoms with Gasteiger partial charge in [0.05, 0.1) is 11.1 Å². The van der Waals surface area contributed by atoms with Crippen molar-refractivity contribution >= 4 is 34.9 Å². The zero-order valence-electron chi connectivity index (χ0n) is 18.5. The maximum atomic E-state index is 13.9. The molecule has 6 nitrogen and oxygen atoms in total. The lowest BCUT2D eigenvalue weighted by Crippen LogP contribution is -2.42. The van der Waals surface area contributed by atoms with Crippen LogP contribution < -0.4 is 10.5 Å². The Morgan fingerprint density at radius 1 is 1.24 bits per heavy atom. The summed E-state index contributed by atoms with van der Waals surface area (Å²) >= 11 is 12.3. The molecule has 2 heterocycles. The van der Waals surface area contributed by atoms with Crippen LogP contribution >= 0.6 is 23.2 Å². The molecule has 178 valence electrons. The largest absolute Gasteiger partial charge is 0.482 e. The highest BCUT2D eigenvalue weighted by molar-refractivity contribution is 6.36. The molecule has 0 saturated carbocycles. The number of halogens is 3. The topological polar surface area (TPSA) is 88.7 Å². The smallest absolute Gasteiger partial charge is 0.253 e. The van der Waals surface area contributed by atoms with Gasteiger partial charge in [-0.2, -0.15) is 0 Å². The summed E-state index contributed by atoms with van der Waals surface area (Å²) in [7, 11) is 0. The summed E-state index contributed by atoms with van der Waals surface area (Å²) in [6.45, 7) is 2.68. The number of rotatable bonds is 5. The van der Waals surface area contributed by atoms with Gasteiger partial charge < -0.3 is 20.5 Å². The normalized spacial score (nSPS) is 16.9.